The molecule has 0 radical (unpaired) electrons. The van der Waals surface area contributed by atoms with Crippen LogP contribution in [0.2, 0.25) is 0 Å². The van der Waals surface area contributed by atoms with Gasteiger partial charge in [0, 0.05) is 0 Å². The fourth-order valence-electron chi connectivity index (χ4n) is 1.11. The number of alkyl halides is 1. The molecule has 0 spiro atoms. The van der Waals surface area contributed by atoms with Crippen molar-refractivity contribution < 1.29 is 9.18 Å². The molecule has 2 nitrogen and oxygen atoms in total. The Kier molecular flexibility index (Phi) is 3.21. The molecule has 0 atom stereocenters. The van der Waals surface area contributed by atoms with Crippen LogP contribution in [0.25, 0.3) is 0 Å². The van der Waals surface area contributed by atoms with Gasteiger partial charge in [0.25, 0.3) is 0 Å². The van der Waals surface area contributed by atoms with Crippen LogP contribution in [0.1, 0.15) is 21.5 Å². The number of benzene rings is 1. The summed E-state index contributed by atoms with van der Waals surface area (Å²) in [5, 5.41) is 8.67. The number of nitrogens with zero attached hydrogens (tertiary/aromatic N) is 1. The van der Waals surface area contributed by atoms with Crippen LogP contribution in [0, 0.1) is 24.1 Å². The van der Waals surface area contributed by atoms with Gasteiger partial charge in [-0.15, -0.1) is 11.6 Å². The number of aryl methyl sites for hydroxylation is 1. The Morgan fingerprint density at radius 3 is 2.79 bits per heavy atom. The summed E-state index contributed by atoms with van der Waals surface area (Å²) in [6.07, 6.45) is 0. The summed E-state index contributed by atoms with van der Waals surface area (Å²) in [5.74, 6) is -1.55. The molecule has 0 aliphatic carbocycles. The van der Waals surface area contributed by atoms with Crippen molar-refractivity contribution in [2.75, 3.05) is 5.88 Å². The first kappa shape index (κ1) is 10.7. The maximum absolute atomic E-state index is 13.5. The van der Waals surface area contributed by atoms with Gasteiger partial charge in [-0.2, -0.15) is 5.26 Å². The van der Waals surface area contributed by atoms with E-state index in [1.54, 1.807) is 6.07 Å². The number of carbonyl (C=O) groups excluding carboxylic acids is 1. The zero-order valence-electron chi connectivity index (χ0n) is 7.47. The molecule has 0 fully saturated rings. The molecule has 0 unspecified atom stereocenters. The van der Waals surface area contributed by atoms with Crippen LogP contribution in [0.5, 0.6) is 0 Å². The lowest BCUT2D eigenvalue weighted by molar-refractivity contribution is 0.101. The third-order valence-corrected chi connectivity index (χ3v) is 2.10. The standard InChI is InChI=1S/C10H7ClFNO/c1-6-2-3-7(5-13)9(10(6)12)8(14)4-11/h2-3H,4H2,1H3. The van der Waals surface area contributed by atoms with E-state index in [1.165, 1.54) is 19.1 Å². The van der Waals surface area contributed by atoms with Crippen molar-refractivity contribution in [3.63, 3.8) is 0 Å². The van der Waals surface area contributed by atoms with Gasteiger partial charge in [-0.05, 0) is 18.6 Å². The minimum Gasteiger partial charge on any atom is -0.293 e. The van der Waals surface area contributed by atoms with E-state index in [2.05, 4.69) is 0 Å². The molecular formula is C10H7ClFNO. The predicted molar refractivity (Wildman–Crippen MR) is 50.9 cm³/mol. The summed E-state index contributed by atoms with van der Waals surface area (Å²) in [6.45, 7) is 1.53. The Morgan fingerprint density at radius 2 is 2.29 bits per heavy atom. The molecule has 1 rings (SSSR count). The number of nitriles is 1. The summed E-state index contributed by atoms with van der Waals surface area (Å²) in [4.78, 5) is 11.2. The molecule has 0 heterocycles. The SMILES string of the molecule is Cc1ccc(C#N)c(C(=O)CCl)c1F. The minimum absolute atomic E-state index is 0.0266. The fourth-order valence-corrected chi connectivity index (χ4v) is 1.25. The van der Waals surface area contributed by atoms with Crippen LogP contribution in [0.4, 0.5) is 4.39 Å². The maximum Gasteiger partial charge on any atom is 0.181 e. The first-order valence-electron chi connectivity index (χ1n) is 3.90. The topological polar surface area (TPSA) is 40.9 Å². The second-order valence-electron chi connectivity index (χ2n) is 2.79. The molecule has 4 heteroatoms. The van der Waals surface area contributed by atoms with E-state index in [0.717, 1.165) is 0 Å². The van der Waals surface area contributed by atoms with E-state index >= 15 is 0 Å². The zero-order chi connectivity index (χ0) is 10.7. The van der Waals surface area contributed by atoms with Crippen molar-refractivity contribution in [3.8, 4) is 6.07 Å². The average Bonchev–Trinajstić information content (AvgIpc) is 2.20. The van der Waals surface area contributed by atoms with Crippen molar-refractivity contribution >= 4 is 17.4 Å². The summed E-state index contributed by atoms with van der Waals surface area (Å²) >= 11 is 5.31. The molecule has 1 aromatic rings. The van der Waals surface area contributed by atoms with Gasteiger partial charge in [0.05, 0.1) is 23.1 Å². The highest BCUT2D eigenvalue weighted by Crippen LogP contribution is 2.17. The molecule has 0 amide bonds. The highest BCUT2D eigenvalue weighted by Gasteiger charge is 2.17. The second-order valence-corrected chi connectivity index (χ2v) is 3.05. The zero-order valence-corrected chi connectivity index (χ0v) is 8.23. The summed E-state index contributed by atoms with van der Waals surface area (Å²) in [7, 11) is 0. The van der Waals surface area contributed by atoms with Crippen LogP contribution < -0.4 is 0 Å². The van der Waals surface area contributed by atoms with Crippen molar-refractivity contribution in [1.29, 1.82) is 5.26 Å². The lowest BCUT2D eigenvalue weighted by atomic mass is 10.0. The quantitative estimate of drug-likeness (QED) is 0.557. The van der Waals surface area contributed by atoms with E-state index < -0.39 is 11.6 Å². The van der Waals surface area contributed by atoms with E-state index in [9.17, 15) is 9.18 Å². The first-order valence-corrected chi connectivity index (χ1v) is 4.43. The molecule has 0 aliphatic rings. The van der Waals surface area contributed by atoms with Gasteiger partial charge in [0.2, 0.25) is 0 Å². The van der Waals surface area contributed by atoms with Crippen molar-refractivity contribution in [2.45, 2.75) is 6.92 Å². The maximum atomic E-state index is 13.5. The normalized spacial score (nSPS) is 9.57. The van der Waals surface area contributed by atoms with Crippen LogP contribution in [0.15, 0.2) is 12.1 Å². The van der Waals surface area contributed by atoms with E-state index in [4.69, 9.17) is 16.9 Å². The molecule has 72 valence electrons. The second kappa shape index (κ2) is 4.21. The molecule has 0 aliphatic heterocycles. The van der Waals surface area contributed by atoms with Crippen LogP contribution in [-0.4, -0.2) is 11.7 Å². The molecule has 0 saturated heterocycles. The van der Waals surface area contributed by atoms with Crippen LogP contribution in [-0.2, 0) is 0 Å². The van der Waals surface area contributed by atoms with Crippen molar-refractivity contribution in [2.24, 2.45) is 0 Å². The average molecular weight is 212 g/mol. The number of Topliss-reactive ketones (excluding diaryl/α,β-unsaturated/α-hetero) is 1. The summed E-state index contributed by atoms with van der Waals surface area (Å²) in [6, 6.07) is 4.63. The Morgan fingerprint density at radius 1 is 1.64 bits per heavy atom. The molecule has 1 aromatic carbocycles. The molecule has 14 heavy (non-hydrogen) atoms. The molecule has 0 saturated carbocycles. The third kappa shape index (κ3) is 1.75. The number of hydrogen-bond acceptors (Lipinski definition) is 2. The Hall–Kier alpha value is -1.40. The number of ketones is 1. The van der Waals surface area contributed by atoms with E-state index in [1.807, 2.05) is 0 Å². The van der Waals surface area contributed by atoms with Crippen molar-refractivity contribution in [1.82, 2.24) is 0 Å². The number of hydrogen-bond donors (Lipinski definition) is 0. The van der Waals surface area contributed by atoms with E-state index in [-0.39, 0.29) is 17.0 Å². The smallest absolute Gasteiger partial charge is 0.181 e. The van der Waals surface area contributed by atoms with Gasteiger partial charge in [-0.3, -0.25) is 4.79 Å². The molecular weight excluding hydrogens is 205 g/mol. The number of carbonyl (C=O) groups is 1. The molecule has 0 N–H and O–H groups in total. The van der Waals surface area contributed by atoms with Gasteiger partial charge < -0.3 is 0 Å². The molecule has 0 bridgehead atoms. The predicted octanol–water partition coefficient (Wildman–Crippen LogP) is 2.43. The molecule has 0 aromatic heterocycles. The fraction of sp³-hybridized carbons (Fsp3) is 0.200. The Balaban J connectivity index is 3.45. The van der Waals surface area contributed by atoms with Crippen LogP contribution >= 0.6 is 11.6 Å². The van der Waals surface area contributed by atoms with Gasteiger partial charge in [-0.1, -0.05) is 6.07 Å². The summed E-state index contributed by atoms with van der Waals surface area (Å²) < 4.78 is 13.5. The Labute approximate surface area is 85.9 Å². The van der Waals surface area contributed by atoms with Crippen molar-refractivity contribution in [3.05, 3.63) is 34.6 Å². The van der Waals surface area contributed by atoms with E-state index in [0.29, 0.717) is 5.56 Å². The minimum atomic E-state index is -0.658. The number of rotatable bonds is 2. The van der Waals surface area contributed by atoms with Gasteiger partial charge >= 0.3 is 0 Å². The monoisotopic (exact) mass is 211 g/mol. The first-order chi connectivity index (χ1) is 6.61. The van der Waals surface area contributed by atoms with Gasteiger partial charge in [0.1, 0.15) is 5.82 Å². The highest BCUT2D eigenvalue weighted by atomic mass is 35.5. The summed E-state index contributed by atoms with van der Waals surface area (Å²) in [5.41, 5.74) is 0.152. The number of halogens is 2. The Bertz CT molecular complexity index is 423. The lowest BCUT2D eigenvalue weighted by Crippen LogP contribution is -2.08. The largest absolute Gasteiger partial charge is 0.293 e. The van der Waals surface area contributed by atoms with Gasteiger partial charge in [-0.25, -0.2) is 4.39 Å². The third-order valence-electron chi connectivity index (χ3n) is 1.86. The van der Waals surface area contributed by atoms with Crippen LogP contribution in [0.3, 0.4) is 0 Å². The lowest BCUT2D eigenvalue weighted by Gasteiger charge is -2.04. The highest BCUT2D eigenvalue weighted by molar-refractivity contribution is 6.30. The van der Waals surface area contributed by atoms with Gasteiger partial charge in [0.15, 0.2) is 5.78 Å².